The van der Waals surface area contributed by atoms with E-state index >= 15 is 0 Å². The normalized spacial score (nSPS) is 22.6. The second-order valence-corrected chi connectivity index (χ2v) is 5.91. The largest absolute Gasteiger partial charge is 0.388 e. The Hall–Kier alpha value is -2.77. The maximum atomic E-state index is 12.6. The molecule has 1 fully saturated rings. The minimum atomic E-state index is -1.34. The zero-order valence-corrected chi connectivity index (χ0v) is 13.4. The SMILES string of the molecule is O=C(NCc1ccccc1)[C@@H]1[C@@H](O)[C@@H](O)CN1C(=O)c1cccnc1. The van der Waals surface area contributed by atoms with Crippen LogP contribution >= 0.6 is 0 Å². The number of nitrogens with zero attached hydrogens (tertiary/aromatic N) is 2. The maximum absolute atomic E-state index is 12.6. The summed E-state index contributed by atoms with van der Waals surface area (Å²) in [4.78, 5) is 30.2. The molecule has 0 spiro atoms. The highest BCUT2D eigenvalue weighted by Crippen LogP contribution is 2.21. The van der Waals surface area contributed by atoms with Crippen molar-refractivity contribution in [2.45, 2.75) is 24.8 Å². The highest BCUT2D eigenvalue weighted by atomic mass is 16.3. The third-order valence-corrected chi connectivity index (χ3v) is 4.18. The lowest BCUT2D eigenvalue weighted by atomic mass is 10.1. The van der Waals surface area contributed by atoms with Crippen molar-refractivity contribution in [3.63, 3.8) is 0 Å². The van der Waals surface area contributed by atoms with Gasteiger partial charge in [-0.2, -0.15) is 0 Å². The number of rotatable bonds is 4. The lowest BCUT2D eigenvalue weighted by Gasteiger charge is -2.25. The van der Waals surface area contributed by atoms with E-state index in [4.69, 9.17) is 0 Å². The number of hydrogen-bond acceptors (Lipinski definition) is 5. The number of likely N-dealkylation sites (tertiary alicyclic amines) is 1. The Balaban J connectivity index is 1.74. The topological polar surface area (TPSA) is 103 Å². The van der Waals surface area contributed by atoms with Crippen LogP contribution in [0.4, 0.5) is 0 Å². The summed E-state index contributed by atoms with van der Waals surface area (Å²) in [5, 5.41) is 22.8. The van der Waals surface area contributed by atoms with Crippen LogP contribution in [0, 0.1) is 0 Å². The molecule has 1 aliphatic rings. The summed E-state index contributed by atoms with van der Waals surface area (Å²) in [6, 6.07) is 11.3. The number of nitrogens with one attached hydrogen (secondary N) is 1. The van der Waals surface area contributed by atoms with Gasteiger partial charge in [0.1, 0.15) is 18.2 Å². The fourth-order valence-electron chi connectivity index (χ4n) is 2.87. The molecule has 1 saturated heterocycles. The summed E-state index contributed by atoms with van der Waals surface area (Å²) in [6.07, 6.45) is 0.414. The lowest BCUT2D eigenvalue weighted by molar-refractivity contribution is -0.128. The molecule has 3 rings (SSSR count). The Morgan fingerprint density at radius 2 is 1.92 bits per heavy atom. The van der Waals surface area contributed by atoms with Crippen LogP contribution < -0.4 is 5.32 Å². The summed E-state index contributed by atoms with van der Waals surface area (Å²) < 4.78 is 0. The van der Waals surface area contributed by atoms with Crippen molar-refractivity contribution in [3.05, 3.63) is 66.0 Å². The van der Waals surface area contributed by atoms with E-state index in [2.05, 4.69) is 10.3 Å². The first kappa shape index (κ1) is 17.1. The van der Waals surface area contributed by atoms with Crippen LogP contribution in [0.3, 0.4) is 0 Å². The molecule has 3 atom stereocenters. The fraction of sp³-hybridized carbons (Fsp3) is 0.278. The number of amides is 2. The molecule has 1 aromatic carbocycles. The van der Waals surface area contributed by atoms with E-state index in [-0.39, 0.29) is 13.1 Å². The van der Waals surface area contributed by atoms with Crippen molar-refractivity contribution in [1.82, 2.24) is 15.2 Å². The molecule has 130 valence electrons. The number of aromatic nitrogens is 1. The molecular formula is C18H19N3O4. The number of benzene rings is 1. The Kier molecular flexibility index (Phi) is 5.06. The van der Waals surface area contributed by atoms with Crippen molar-refractivity contribution in [2.24, 2.45) is 0 Å². The zero-order valence-electron chi connectivity index (χ0n) is 13.4. The molecular weight excluding hydrogens is 322 g/mol. The molecule has 7 heteroatoms. The number of carbonyl (C=O) groups is 2. The van der Waals surface area contributed by atoms with E-state index in [9.17, 15) is 19.8 Å². The summed E-state index contributed by atoms with van der Waals surface area (Å²) in [5.74, 6) is -0.964. The number of β-amino-alcohol motifs (C(OH)–C–C–N with tert-alkyl or cyclic N) is 1. The van der Waals surface area contributed by atoms with Gasteiger partial charge in [-0.25, -0.2) is 0 Å². The van der Waals surface area contributed by atoms with Crippen LogP contribution in [-0.2, 0) is 11.3 Å². The van der Waals surface area contributed by atoms with Gasteiger partial charge in [0.15, 0.2) is 0 Å². The predicted octanol–water partition coefficient (Wildman–Crippen LogP) is -0.0558. The van der Waals surface area contributed by atoms with E-state index in [0.29, 0.717) is 5.56 Å². The Bertz CT molecular complexity index is 739. The average Bonchev–Trinajstić information content (AvgIpc) is 2.95. The average molecular weight is 341 g/mol. The molecule has 2 aromatic rings. The van der Waals surface area contributed by atoms with Gasteiger partial charge in [-0.3, -0.25) is 14.6 Å². The van der Waals surface area contributed by atoms with E-state index < -0.39 is 30.1 Å². The van der Waals surface area contributed by atoms with Gasteiger partial charge in [0.2, 0.25) is 5.91 Å². The Morgan fingerprint density at radius 1 is 1.16 bits per heavy atom. The van der Waals surface area contributed by atoms with Gasteiger partial charge >= 0.3 is 0 Å². The molecule has 0 unspecified atom stereocenters. The zero-order chi connectivity index (χ0) is 17.8. The molecule has 25 heavy (non-hydrogen) atoms. The van der Waals surface area contributed by atoms with E-state index in [1.54, 1.807) is 12.1 Å². The Morgan fingerprint density at radius 3 is 2.60 bits per heavy atom. The van der Waals surface area contributed by atoms with Crippen LogP contribution in [0.1, 0.15) is 15.9 Å². The number of carbonyl (C=O) groups excluding carboxylic acids is 2. The van der Waals surface area contributed by atoms with E-state index in [1.807, 2.05) is 30.3 Å². The van der Waals surface area contributed by atoms with Crippen LogP contribution in [-0.4, -0.2) is 56.7 Å². The van der Waals surface area contributed by atoms with Crippen LogP contribution in [0.15, 0.2) is 54.9 Å². The third kappa shape index (κ3) is 3.67. The summed E-state index contributed by atoms with van der Waals surface area (Å²) in [7, 11) is 0. The highest BCUT2D eigenvalue weighted by molar-refractivity contribution is 5.98. The Labute approximate surface area is 144 Å². The molecule has 1 aromatic heterocycles. The molecule has 3 N–H and O–H groups in total. The third-order valence-electron chi connectivity index (χ3n) is 4.18. The van der Waals surface area contributed by atoms with E-state index in [1.165, 1.54) is 17.3 Å². The fourth-order valence-corrected chi connectivity index (χ4v) is 2.87. The maximum Gasteiger partial charge on any atom is 0.256 e. The molecule has 0 bridgehead atoms. The molecule has 1 aliphatic heterocycles. The lowest BCUT2D eigenvalue weighted by Crippen LogP contribution is -2.50. The minimum Gasteiger partial charge on any atom is -0.388 e. The molecule has 7 nitrogen and oxygen atoms in total. The van der Waals surface area contributed by atoms with Crippen LogP contribution in [0.5, 0.6) is 0 Å². The van der Waals surface area contributed by atoms with E-state index in [0.717, 1.165) is 5.56 Å². The molecule has 0 aliphatic carbocycles. The number of aliphatic hydroxyl groups is 2. The van der Waals surface area contributed by atoms with Gasteiger partial charge < -0.3 is 20.4 Å². The highest BCUT2D eigenvalue weighted by Gasteiger charge is 2.46. The first-order chi connectivity index (χ1) is 12.1. The van der Waals surface area contributed by atoms with Gasteiger partial charge in [0.25, 0.3) is 5.91 Å². The van der Waals surface area contributed by atoms with Crippen molar-refractivity contribution in [2.75, 3.05) is 6.54 Å². The van der Waals surface area contributed by atoms with Gasteiger partial charge in [-0.1, -0.05) is 30.3 Å². The van der Waals surface area contributed by atoms with Gasteiger partial charge in [0.05, 0.1) is 12.1 Å². The predicted molar refractivity (Wildman–Crippen MR) is 89.4 cm³/mol. The van der Waals surface area contributed by atoms with Crippen LogP contribution in [0.2, 0.25) is 0 Å². The monoisotopic (exact) mass is 341 g/mol. The smallest absolute Gasteiger partial charge is 0.256 e. The minimum absolute atomic E-state index is 0.113. The summed E-state index contributed by atoms with van der Waals surface area (Å²) in [5.41, 5.74) is 1.19. The van der Waals surface area contributed by atoms with Gasteiger partial charge in [0, 0.05) is 18.9 Å². The molecule has 0 radical (unpaired) electrons. The van der Waals surface area contributed by atoms with Crippen molar-refractivity contribution in [1.29, 1.82) is 0 Å². The molecule has 2 heterocycles. The van der Waals surface area contributed by atoms with Gasteiger partial charge in [-0.05, 0) is 17.7 Å². The second-order valence-electron chi connectivity index (χ2n) is 5.91. The summed E-state index contributed by atoms with van der Waals surface area (Å²) >= 11 is 0. The van der Waals surface area contributed by atoms with Gasteiger partial charge in [-0.15, -0.1) is 0 Å². The first-order valence-electron chi connectivity index (χ1n) is 7.96. The number of pyridine rings is 1. The van der Waals surface area contributed by atoms with Crippen LogP contribution in [0.25, 0.3) is 0 Å². The second kappa shape index (κ2) is 7.42. The number of hydrogen-bond donors (Lipinski definition) is 3. The standard InChI is InChI=1S/C18H19N3O4/c22-14-11-21(18(25)13-7-4-8-19-10-13)15(16(14)23)17(24)20-9-12-5-2-1-3-6-12/h1-8,10,14-16,22-23H,9,11H2,(H,20,24)/t14-,15-,16-/m0/s1. The van der Waals surface area contributed by atoms with Crippen molar-refractivity contribution in [3.8, 4) is 0 Å². The number of aliphatic hydroxyl groups excluding tert-OH is 2. The molecule has 2 amide bonds. The summed E-state index contributed by atoms with van der Waals surface area (Å²) in [6.45, 7) is 0.159. The first-order valence-corrected chi connectivity index (χ1v) is 7.96. The quantitative estimate of drug-likeness (QED) is 0.723. The van der Waals surface area contributed by atoms with Crippen molar-refractivity contribution < 1.29 is 19.8 Å². The molecule has 0 saturated carbocycles. The van der Waals surface area contributed by atoms with Crippen molar-refractivity contribution >= 4 is 11.8 Å².